The van der Waals surface area contributed by atoms with E-state index in [0.717, 1.165) is 12.8 Å². The van der Waals surface area contributed by atoms with Gasteiger partial charge in [0, 0.05) is 36.8 Å². The molecule has 0 bridgehead atoms. The van der Waals surface area contributed by atoms with Crippen molar-refractivity contribution < 1.29 is 28.2 Å². The van der Waals surface area contributed by atoms with E-state index in [1.54, 1.807) is 54.3 Å². The van der Waals surface area contributed by atoms with E-state index in [0.29, 0.717) is 36.5 Å². The zero-order valence-electron chi connectivity index (χ0n) is 18.5. The number of hydrogen-bond donors (Lipinski definition) is 1. The number of hydrogen-bond acceptors (Lipinski definition) is 5. The van der Waals surface area contributed by atoms with Crippen molar-refractivity contribution in [2.45, 2.75) is 19.8 Å². The van der Waals surface area contributed by atoms with Gasteiger partial charge in [-0.3, -0.25) is 9.59 Å². The Balaban J connectivity index is 1.42. The normalized spacial score (nSPS) is 14.2. The third-order valence-corrected chi connectivity index (χ3v) is 5.35. The molecular weight excluding hydrogens is 427 g/mol. The second-order valence-electron chi connectivity index (χ2n) is 7.65. The molecule has 0 spiro atoms. The van der Waals surface area contributed by atoms with Crippen molar-refractivity contribution in [3.63, 3.8) is 0 Å². The van der Waals surface area contributed by atoms with Crippen LogP contribution in [0.4, 0.5) is 9.18 Å². The first-order valence-corrected chi connectivity index (χ1v) is 10.9. The van der Waals surface area contributed by atoms with Crippen LogP contribution in [0.2, 0.25) is 0 Å². The summed E-state index contributed by atoms with van der Waals surface area (Å²) in [6, 6.07) is 12.6. The average molecular weight is 454 g/mol. The number of nitrogens with zero attached hydrogens (tertiary/aromatic N) is 1. The van der Waals surface area contributed by atoms with Gasteiger partial charge in [0.05, 0.1) is 6.61 Å². The zero-order valence-corrected chi connectivity index (χ0v) is 18.5. The third-order valence-electron chi connectivity index (χ3n) is 5.35. The van der Waals surface area contributed by atoms with E-state index in [9.17, 15) is 18.8 Å². The number of ether oxygens (including phenoxy) is 2. The van der Waals surface area contributed by atoms with Gasteiger partial charge in [-0.25, -0.2) is 9.18 Å². The molecule has 0 aromatic heterocycles. The molecule has 1 saturated heterocycles. The number of benzene rings is 2. The van der Waals surface area contributed by atoms with Gasteiger partial charge in [0.15, 0.2) is 0 Å². The molecule has 1 heterocycles. The van der Waals surface area contributed by atoms with Gasteiger partial charge in [0.25, 0.3) is 5.91 Å². The van der Waals surface area contributed by atoms with E-state index >= 15 is 0 Å². The van der Waals surface area contributed by atoms with Gasteiger partial charge in [-0.2, -0.15) is 0 Å². The van der Waals surface area contributed by atoms with Crippen LogP contribution in [0.5, 0.6) is 5.75 Å². The van der Waals surface area contributed by atoms with Gasteiger partial charge in [0.1, 0.15) is 11.6 Å². The molecule has 2 amide bonds. The van der Waals surface area contributed by atoms with Gasteiger partial charge in [0.2, 0.25) is 5.91 Å². The van der Waals surface area contributed by atoms with Crippen LogP contribution in [0.3, 0.4) is 0 Å². The van der Waals surface area contributed by atoms with Crippen molar-refractivity contribution in [1.29, 1.82) is 0 Å². The van der Waals surface area contributed by atoms with Gasteiger partial charge < -0.3 is 19.7 Å². The van der Waals surface area contributed by atoms with Gasteiger partial charge in [-0.05, 0) is 62.1 Å². The van der Waals surface area contributed by atoms with Crippen molar-refractivity contribution in [2.24, 2.45) is 5.92 Å². The van der Waals surface area contributed by atoms with Gasteiger partial charge >= 0.3 is 6.16 Å². The van der Waals surface area contributed by atoms with E-state index in [4.69, 9.17) is 9.47 Å². The molecule has 8 heteroatoms. The van der Waals surface area contributed by atoms with E-state index < -0.39 is 6.16 Å². The van der Waals surface area contributed by atoms with Crippen LogP contribution in [0.25, 0.3) is 6.08 Å². The van der Waals surface area contributed by atoms with Crippen LogP contribution < -0.4 is 10.1 Å². The van der Waals surface area contributed by atoms with Crippen LogP contribution in [0.1, 0.15) is 35.7 Å². The van der Waals surface area contributed by atoms with Crippen molar-refractivity contribution >= 4 is 24.0 Å². The molecule has 0 radical (unpaired) electrons. The predicted octanol–water partition coefficient (Wildman–Crippen LogP) is 4.04. The summed E-state index contributed by atoms with van der Waals surface area (Å²) >= 11 is 0. The van der Waals surface area contributed by atoms with Crippen LogP contribution >= 0.6 is 0 Å². The average Bonchev–Trinajstić information content (AvgIpc) is 2.83. The Morgan fingerprint density at radius 1 is 1.09 bits per heavy atom. The summed E-state index contributed by atoms with van der Waals surface area (Å²) in [4.78, 5) is 37.9. The van der Waals surface area contributed by atoms with E-state index in [1.807, 2.05) is 0 Å². The Hall–Kier alpha value is -3.68. The van der Waals surface area contributed by atoms with E-state index in [2.05, 4.69) is 5.32 Å². The lowest BCUT2D eigenvalue weighted by Crippen LogP contribution is -2.41. The molecule has 1 N–H and O–H groups in total. The van der Waals surface area contributed by atoms with Crippen molar-refractivity contribution in [2.75, 3.05) is 26.2 Å². The van der Waals surface area contributed by atoms with Crippen LogP contribution in [-0.2, 0) is 9.53 Å². The number of halogens is 1. The van der Waals surface area contributed by atoms with Gasteiger partial charge in [-0.15, -0.1) is 0 Å². The molecule has 7 nitrogen and oxygen atoms in total. The second-order valence-corrected chi connectivity index (χ2v) is 7.65. The molecule has 0 unspecified atom stereocenters. The molecule has 174 valence electrons. The fraction of sp³-hybridized carbons (Fsp3) is 0.320. The largest absolute Gasteiger partial charge is 0.513 e. The highest BCUT2D eigenvalue weighted by Gasteiger charge is 2.24. The lowest BCUT2D eigenvalue weighted by molar-refractivity contribution is -0.116. The number of carbonyl (C=O) groups excluding carboxylic acids is 3. The molecule has 1 aliphatic heterocycles. The number of carbonyl (C=O) groups is 3. The number of piperidine rings is 1. The number of likely N-dealkylation sites (tertiary alicyclic amines) is 1. The summed E-state index contributed by atoms with van der Waals surface area (Å²) in [5, 5.41) is 2.85. The van der Waals surface area contributed by atoms with Crippen molar-refractivity contribution in [3.05, 3.63) is 71.6 Å². The smallest absolute Gasteiger partial charge is 0.434 e. The molecule has 3 rings (SSSR count). The number of rotatable bonds is 7. The quantitative estimate of drug-likeness (QED) is 0.388. The SMILES string of the molecule is CCOC(=O)Oc1ccc(C(=O)N2CCC(CNC(=O)/C=C/c3ccccc3F)CC2)cc1. The van der Waals surface area contributed by atoms with Gasteiger partial charge in [-0.1, -0.05) is 18.2 Å². The molecule has 2 aromatic rings. The maximum atomic E-state index is 13.6. The number of nitrogens with one attached hydrogen (secondary N) is 1. The first kappa shape index (κ1) is 24.0. The zero-order chi connectivity index (χ0) is 23.6. The lowest BCUT2D eigenvalue weighted by atomic mass is 9.96. The topological polar surface area (TPSA) is 84.9 Å². The van der Waals surface area contributed by atoms with E-state index in [-0.39, 0.29) is 30.2 Å². The van der Waals surface area contributed by atoms with Crippen LogP contribution in [0, 0.1) is 11.7 Å². The minimum absolute atomic E-state index is 0.0898. The summed E-state index contributed by atoms with van der Waals surface area (Å²) in [7, 11) is 0. The highest BCUT2D eigenvalue weighted by molar-refractivity contribution is 5.94. The Labute approximate surface area is 192 Å². The van der Waals surface area contributed by atoms with E-state index in [1.165, 1.54) is 18.2 Å². The summed E-state index contributed by atoms with van der Waals surface area (Å²) in [5.41, 5.74) is 0.871. The molecule has 33 heavy (non-hydrogen) atoms. The minimum Gasteiger partial charge on any atom is -0.434 e. The summed E-state index contributed by atoms with van der Waals surface area (Å²) in [6.45, 7) is 3.59. The summed E-state index contributed by atoms with van der Waals surface area (Å²) in [6.07, 6.45) is 3.54. The third kappa shape index (κ3) is 7.17. The summed E-state index contributed by atoms with van der Waals surface area (Å²) in [5.74, 6) is -0.168. The highest BCUT2D eigenvalue weighted by Crippen LogP contribution is 2.20. The first-order chi connectivity index (χ1) is 16.0. The van der Waals surface area contributed by atoms with Crippen LogP contribution in [-0.4, -0.2) is 49.1 Å². The highest BCUT2D eigenvalue weighted by atomic mass is 19.1. The summed E-state index contributed by atoms with van der Waals surface area (Å²) < 4.78 is 23.3. The maximum Gasteiger partial charge on any atom is 0.513 e. The second kappa shape index (κ2) is 11.8. The molecule has 2 aromatic carbocycles. The fourth-order valence-corrected chi connectivity index (χ4v) is 3.51. The Morgan fingerprint density at radius 3 is 2.45 bits per heavy atom. The lowest BCUT2D eigenvalue weighted by Gasteiger charge is -2.32. The Bertz CT molecular complexity index is 998. The number of amides is 2. The minimum atomic E-state index is -0.784. The molecule has 0 aliphatic carbocycles. The molecule has 0 saturated carbocycles. The molecular formula is C25H27FN2O5. The molecule has 1 fully saturated rings. The Morgan fingerprint density at radius 2 is 1.79 bits per heavy atom. The standard InChI is InChI=1S/C25H27FN2O5/c1-2-32-25(31)33-21-10-7-20(8-11-21)24(30)28-15-13-18(14-16-28)17-27-23(29)12-9-19-5-3-4-6-22(19)26/h3-12,18H,2,13-17H2,1H3,(H,27,29)/b12-9+. The first-order valence-electron chi connectivity index (χ1n) is 10.9. The van der Waals surface area contributed by atoms with Crippen LogP contribution in [0.15, 0.2) is 54.6 Å². The fourth-order valence-electron chi connectivity index (χ4n) is 3.51. The van der Waals surface area contributed by atoms with Crippen molar-refractivity contribution in [1.82, 2.24) is 10.2 Å². The predicted molar refractivity (Wildman–Crippen MR) is 121 cm³/mol. The maximum absolute atomic E-state index is 13.6. The monoisotopic (exact) mass is 454 g/mol. The van der Waals surface area contributed by atoms with Crippen molar-refractivity contribution in [3.8, 4) is 5.75 Å². The molecule has 0 atom stereocenters. The molecule has 1 aliphatic rings. The Kier molecular flexibility index (Phi) is 8.57.